The summed E-state index contributed by atoms with van der Waals surface area (Å²) in [6, 6.07) is 30.4. The summed E-state index contributed by atoms with van der Waals surface area (Å²) in [5.41, 5.74) is 6.92. The zero-order valence-electron chi connectivity index (χ0n) is 20.6. The normalized spacial score (nSPS) is 11.1. The Bertz CT molecular complexity index is 1540. The van der Waals surface area contributed by atoms with Crippen molar-refractivity contribution in [1.82, 2.24) is 15.6 Å². The van der Waals surface area contributed by atoms with Crippen molar-refractivity contribution in [1.29, 1.82) is 0 Å². The van der Waals surface area contributed by atoms with E-state index >= 15 is 0 Å². The predicted molar refractivity (Wildman–Crippen MR) is 149 cm³/mol. The van der Waals surface area contributed by atoms with Gasteiger partial charge in [0.2, 0.25) is 0 Å². The van der Waals surface area contributed by atoms with Gasteiger partial charge in [-0.15, -0.1) is 0 Å². The molecule has 4 aromatic carbocycles. The number of hydrogen-bond acceptors (Lipinski definition) is 4. The number of para-hydroxylation sites is 1. The maximum absolute atomic E-state index is 12.8. The Hall–Kier alpha value is -4.22. The number of aryl methyl sites for hydroxylation is 2. The fourth-order valence-corrected chi connectivity index (χ4v) is 4.56. The van der Waals surface area contributed by atoms with Gasteiger partial charge in [-0.25, -0.2) is 0 Å². The van der Waals surface area contributed by atoms with E-state index in [0.29, 0.717) is 18.7 Å². The lowest BCUT2D eigenvalue weighted by atomic mass is 10.0. The number of carbonyl (C=O) groups is 1. The van der Waals surface area contributed by atoms with Crippen LogP contribution in [0.3, 0.4) is 0 Å². The molecule has 36 heavy (non-hydrogen) atoms. The number of hydrogen-bond donors (Lipinski definition) is 3. The van der Waals surface area contributed by atoms with Crippen LogP contribution in [0.4, 0.5) is 11.4 Å². The van der Waals surface area contributed by atoms with Crippen LogP contribution in [0.25, 0.3) is 21.7 Å². The molecule has 0 aliphatic carbocycles. The summed E-state index contributed by atoms with van der Waals surface area (Å²) in [5.74, 6) is -0.0851. The fourth-order valence-electron chi connectivity index (χ4n) is 4.56. The molecule has 0 bridgehead atoms. The summed E-state index contributed by atoms with van der Waals surface area (Å²) in [7, 11) is 0. The van der Waals surface area contributed by atoms with E-state index in [2.05, 4.69) is 64.3 Å². The molecule has 0 saturated carbocycles. The number of carbonyl (C=O) groups excluding carboxylic acids is 1. The van der Waals surface area contributed by atoms with E-state index < -0.39 is 0 Å². The number of amides is 1. The molecule has 0 saturated heterocycles. The Morgan fingerprint density at radius 2 is 1.61 bits per heavy atom. The van der Waals surface area contributed by atoms with Crippen LogP contribution in [-0.4, -0.2) is 24.0 Å². The maximum Gasteiger partial charge on any atom is 0.251 e. The number of rotatable bonds is 8. The summed E-state index contributed by atoms with van der Waals surface area (Å²) in [4.78, 5) is 17.4. The Kier molecular flexibility index (Phi) is 6.92. The number of nitrogens with zero attached hydrogens (tertiary/aromatic N) is 1. The number of nitrogens with one attached hydrogen (secondary N) is 3. The molecule has 3 N–H and O–H groups in total. The van der Waals surface area contributed by atoms with Crippen LogP contribution in [0.1, 0.15) is 27.2 Å². The summed E-state index contributed by atoms with van der Waals surface area (Å²) in [6.07, 6.45) is 0. The molecule has 0 unspecified atom stereocenters. The molecule has 5 nitrogen and oxygen atoms in total. The molecular formula is C31H30N4O. The van der Waals surface area contributed by atoms with Gasteiger partial charge < -0.3 is 16.0 Å². The fraction of sp³-hybridized carbons (Fsp3) is 0.161. The van der Waals surface area contributed by atoms with Gasteiger partial charge in [-0.05, 0) is 66.1 Å². The lowest BCUT2D eigenvalue weighted by Crippen LogP contribution is -2.31. The topological polar surface area (TPSA) is 66.1 Å². The highest BCUT2D eigenvalue weighted by Crippen LogP contribution is 2.27. The quantitative estimate of drug-likeness (QED) is 0.232. The van der Waals surface area contributed by atoms with Crippen molar-refractivity contribution < 1.29 is 4.79 Å². The second-order valence-corrected chi connectivity index (χ2v) is 9.04. The molecule has 5 rings (SSSR count). The van der Waals surface area contributed by atoms with Crippen LogP contribution in [0.2, 0.25) is 0 Å². The highest BCUT2D eigenvalue weighted by Gasteiger charge is 2.09. The minimum Gasteiger partial charge on any atom is -0.355 e. The second-order valence-electron chi connectivity index (χ2n) is 9.04. The smallest absolute Gasteiger partial charge is 0.251 e. The Labute approximate surface area is 211 Å². The Morgan fingerprint density at radius 1 is 0.806 bits per heavy atom. The van der Waals surface area contributed by atoms with Crippen molar-refractivity contribution in [2.45, 2.75) is 20.4 Å². The van der Waals surface area contributed by atoms with Gasteiger partial charge in [0.05, 0.1) is 5.52 Å². The minimum atomic E-state index is -0.0851. The number of fused-ring (bicyclic) bond motifs is 2. The standard InChI is InChI=1S/C31H30N4O/c1-21-18-30(28-12-5-6-13-29(28)34-21)35-26-10-7-9-24(19-26)31(36)33-17-16-32-20-25-15-14-23-8-3-4-11-27(23)22(25)2/h3-15,18-19,32H,16-17,20H2,1-2H3,(H,33,36)(H,34,35). The highest BCUT2D eigenvalue weighted by atomic mass is 16.1. The van der Waals surface area contributed by atoms with Crippen LogP contribution in [0.5, 0.6) is 0 Å². The lowest BCUT2D eigenvalue weighted by molar-refractivity contribution is 0.0954. The molecule has 1 heterocycles. The van der Waals surface area contributed by atoms with Crippen molar-refractivity contribution in [3.8, 4) is 0 Å². The van der Waals surface area contributed by atoms with Crippen LogP contribution in [0, 0.1) is 13.8 Å². The van der Waals surface area contributed by atoms with E-state index in [-0.39, 0.29) is 5.91 Å². The van der Waals surface area contributed by atoms with Gasteiger partial charge in [0.15, 0.2) is 0 Å². The third-order valence-corrected chi connectivity index (χ3v) is 6.46. The van der Waals surface area contributed by atoms with E-state index in [1.807, 2.05) is 61.5 Å². The molecule has 0 radical (unpaired) electrons. The second kappa shape index (κ2) is 10.6. The average molecular weight is 475 g/mol. The van der Waals surface area contributed by atoms with Crippen LogP contribution >= 0.6 is 0 Å². The summed E-state index contributed by atoms with van der Waals surface area (Å²) in [6.45, 7) is 6.16. The summed E-state index contributed by atoms with van der Waals surface area (Å²) in [5, 5.41) is 13.5. The zero-order valence-corrected chi connectivity index (χ0v) is 20.6. The van der Waals surface area contributed by atoms with Crippen molar-refractivity contribution in [3.05, 3.63) is 113 Å². The molecule has 0 atom stereocenters. The zero-order chi connectivity index (χ0) is 24.9. The SMILES string of the molecule is Cc1cc(Nc2cccc(C(=O)NCCNCc3ccc4ccccc4c3C)c2)c2ccccc2n1. The van der Waals surface area contributed by atoms with E-state index in [1.165, 1.54) is 21.9 Å². The molecule has 180 valence electrons. The molecule has 0 fully saturated rings. The Morgan fingerprint density at radius 3 is 2.50 bits per heavy atom. The van der Waals surface area contributed by atoms with Crippen molar-refractivity contribution >= 4 is 39.0 Å². The van der Waals surface area contributed by atoms with Gasteiger partial charge in [-0.1, -0.05) is 60.7 Å². The van der Waals surface area contributed by atoms with Crippen molar-refractivity contribution in [2.75, 3.05) is 18.4 Å². The van der Waals surface area contributed by atoms with Gasteiger partial charge in [0.25, 0.3) is 5.91 Å². The van der Waals surface area contributed by atoms with Crippen LogP contribution < -0.4 is 16.0 Å². The first-order valence-electron chi connectivity index (χ1n) is 12.3. The predicted octanol–water partition coefficient (Wildman–Crippen LogP) is 6.27. The molecule has 1 aromatic heterocycles. The van der Waals surface area contributed by atoms with Gasteiger partial charge in [-0.3, -0.25) is 9.78 Å². The van der Waals surface area contributed by atoms with Gasteiger partial charge in [0.1, 0.15) is 0 Å². The molecular weight excluding hydrogens is 444 g/mol. The monoisotopic (exact) mass is 474 g/mol. The highest BCUT2D eigenvalue weighted by molar-refractivity contribution is 5.96. The average Bonchev–Trinajstić information content (AvgIpc) is 2.90. The molecule has 0 aliphatic rings. The largest absolute Gasteiger partial charge is 0.355 e. The molecule has 1 amide bonds. The lowest BCUT2D eigenvalue weighted by Gasteiger charge is -2.13. The number of aromatic nitrogens is 1. The van der Waals surface area contributed by atoms with Gasteiger partial charge >= 0.3 is 0 Å². The number of anilines is 2. The van der Waals surface area contributed by atoms with Gasteiger partial charge in [0, 0.05) is 47.7 Å². The first-order chi connectivity index (χ1) is 17.6. The van der Waals surface area contributed by atoms with Crippen molar-refractivity contribution in [2.24, 2.45) is 0 Å². The molecule has 5 aromatic rings. The first-order valence-corrected chi connectivity index (χ1v) is 12.3. The van der Waals surface area contributed by atoms with Crippen molar-refractivity contribution in [3.63, 3.8) is 0 Å². The molecule has 0 aliphatic heterocycles. The van der Waals surface area contributed by atoms with E-state index in [1.54, 1.807) is 0 Å². The molecule has 5 heteroatoms. The minimum absolute atomic E-state index is 0.0851. The summed E-state index contributed by atoms with van der Waals surface area (Å²) >= 11 is 0. The van der Waals surface area contributed by atoms with Crippen LogP contribution in [0.15, 0.2) is 91.0 Å². The van der Waals surface area contributed by atoms with E-state index in [9.17, 15) is 4.79 Å². The first kappa shape index (κ1) is 23.5. The summed E-state index contributed by atoms with van der Waals surface area (Å²) < 4.78 is 0. The maximum atomic E-state index is 12.8. The third-order valence-electron chi connectivity index (χ3n) is 6.46. The van der Waals surface area contributed by atoms with E-state index in [0.717, 1.165) is 34.5 Å². The Balaban J connectivity index is 1.17. The van der Waals surface area contributed by atoms with Crippen LogP contribution in [-0.2, 0) is 6.54 Å². The molecule has 0 spiro atoms. The number of benzene rings is 4. The van der Waals surface area contributed by atoms with Gasteiger partial charge in [-0.2, -0.15) is 0 Å². The third kappa shape index (κ3) is 5.21. The van der Waals surface area contributed by atoms with E-state index in [4.69, 9.17) is 0 Å². The number of pyridine rings is 1.